The highest BCUT2D eigenvalue weighted by molar-refractivity contribution is 14.0. The lowest BCUT2D eigenvalue weighted by Gasteiger charge is -2.31. The molecule has 2 N–H and O–H groups in total. The number of ether oxygens (including phenoxy) is 1. The average molecular weight is 407 g/mol. The van der Waals surface area contributed by atoms with E-state index in [1.807, 2.05) is 0 Å². The van der Waals surface area contributed by atoms with Gasteiger partial charge >= 0.3 is 0 Å². The number of hydrogen-bond donors (Lipinski definition) is 1. The summed E-state index contributed by atoms with van der Waals surface area (Å²) in [5.41, 5.74) is 6.78. The smallest absolute Gasteiger partial charge is 0.191 e. The highest BCUT2D eigenvalue weighted by atomic mass is 127. The third kappa shape index (κ3) is 5.01. The monoisotopic (exact) mass is 407 g/mol. The molecule has 0 radical (unpaired) electrons. The summed E-state index contributed by atoms with van der Waals surface area (Å²) in [5, 5.41) is 0. The molecule has 4 nitrogen and oxygen atoms in total. The predicted octanol–water partition coefficient (Wildman–Crippen LogP) is 3.00. The Labute approximate surface area is 142 Å². The summed E-state index contributed by atoms with van der Waals surface area (Å²) in [7, 11) is 1.45. The zero-order valence-electron chi connectivity index (χ0n) is 12.5. The summed E-state index contributed by atoms with van der Waals surface area (Å²) < 4.78 is 18.4. The summed E-state index contributed by atoms with van der Waals surface area (Å²) in [6.07, 6.45) is 2.29. The van der Waals surface area contributed by atoms with Crippen molar-refractivity contribution in [3.8, 4) is 5.75 Å². The normalized spacial score (nSPS) is 16.5. The van der Waals surface area contributed by atoms with Gasteiger partial charge in [-0.15, -0.1) is 24.0 Å². The number of guanidine groups is 1. The molecule has 118 valence electrons. The fourth-order valence-electron chi connectivity index (χ4n) is 2.32. The van der Waals surface area contributed by atoms with E-state index in [0.29, 0.717) is 12.5 Å². The fraction of sp³-hybridized carbons (Fsp3) is 0.533. The van der Waals surface area contributed by atoms with Crippen molar-refractivity contribution in [1.29, 1.82) is 0 Å². The van der Waals surface area contributed by atoms with E-state index in [-0.39, 0.29) is 35.5 Å². The first kappa shape index (κ1) is 18.0. The van der Waals surface area contributed by atoms with Gasteiger partial charge in [-0.2, -0.15) is 0 Å². The number of aliphatic imine (C=N–C) groups is 1. The Morgan fingerprint density at radius 1 is 1.43 bits per heavy atom. The van der Waals surface area contributed by atoms with E-state index >= 15 is 0 Å². The molecule has 0 atom stereocenters. The molecule has 0 amide bonds. The van der Waals surface area contributed by atoms with Crippen LogP contribution < -0.4 is 10.5 Å². The summed E-state index contributed by atoms with van der Waals surface area (Å²) in [6, 6.07) is 4.85. The topological polar surface area (TPSA) is 50.9 Å². The molecule has 2 rings (SSSR count). The van der Waals surface area contributed by atoms with Gasteiger partial charge in [-0.25, -0.2) is 9.38 Å². The Morgan fingerprint density at radius 2 is 2.10 bits per heavy atom. The van der Waals surface area contributed by atoms with E-state index in [0.717, 1.165) is 37.4 Å². The van der Waals surface area contributed by atoms with Crippen LogP contribution in [0, 0.1) is 11.7 Å². The third-order valence-corrected chi connectivity index (χ3v) is 3.75. The maximum Gasteiger partial charge on any atom is 0.191 e. The number of halogens is 2. The van der Waals surface area contributed by atoms with Gasteiger partial charge in [-0.05, 0) is 36.5 Å². The maximum absolute atomic E-state index is 13.6. The SMILES string of the molecule is COc1ccc(CN=C(N)N2CCC(C)CC2)cc1F.I. The minimum atomic E-state index is -0.370. The lowest BCUT2D eigenvalue weighted by atomic mass is 10.00. The summed E-state index contributed by atoms with van der Waals surface area (Å²) in [6.45, 7) is 4.55. The third-order valence-electron chi connectivity index (χ3n) is 3.75. The molecule has 0 aliphatic carbocycles. The van der Waals surface area contributed by atoms with Crippen molar-refractivity contribution in [1.82, 2.24) is 4.90 Å². The number of benzene rings is 1. The van der Waals surface area contributed by atoms with Crippen molar-refractivity contribution in [2.24, 2.45) is 16.6 Å². The first-order valence-electron chi connectivity index (χ1n) is 6.97. The number of hydrogen-bond acceptors (Lipinski definition) is 2. The Bertz CT molecular complexity index is 488. The fourth-order valence-corrected chi connectivity index (χ4v) is 2.32. The molecule has 0 bridgehead atoms. The quantitative estimate of drug-likeness (QED) is 0.476. The molecule has 6 heteroatoms. The Kier molecular flexibility index (Phi) is 7.21. The molecule has 0 saturated carbocycles. The van der Waals surface area contributed by atoms with Crippen molar-refractivity contribution in [3.63, 3.8) is 0 Å². The molecule has 1 heterocycles. The van der Waals surface area contributed by atoms with Crippen LogP contribution in [-0.2, 0) is 6.54 Å². The molecule has 1 fully saturated rings. The molecule has 0 aromatic heterocycles. The molecule has 1 saturated heterocycles. The number of nitrogens with two attached hydrogens (primary N) is 1. The van der Waals surface area contributed by atoms with E-state index in [1.54, 1.807) is 12.1 Å². The maximum atomic E-state index is 13.6. The zero-order chi connectivity index (χ0) is 14.5. The number of piperidine rings is 1. The summed E-state index contributed by atoms with van der Waals surface area (Å²) in [5.74, 6) is 1.18. The van der Waals surface area contributed by atoms with Crippen molar-refractivity contribution in [2.75, 3.05) is 20.2 Å². The van der Waals surface area contributed by atoms with Gasteiger partial charge in [0.1, 0.15) is 0 Å². The lowest BCUT2D eigenvalue weighted by molar-refractivity contribution is 0.277. The van der Waals surface area contributed by atoms with Gasteiger partial charge in [0.2, 0.25) is 0 Å². The van der Waals surface area contributed by atoms with Crippen LogP contribution in [0.1, 0.15) is 25.3 Å². The van der Waals surface area contributed by atoms with Crippen molar-refractivity contribution in [3.05, 3.63) is 29.6 Å². The molecule has 21 heavy (non-hydrogen) atoms. The lowest BCUT2D eigenvalue weighted by Crippen LogP contribution is -2.42. The Morgan fingerprint density at radius 3 is 2.67 bits per heavy atom. The van der Waals surface area contributed by atoms with Gasteiger partial charge in [0.15, 0.2) is 17.5 Å². The number of rotatable bonds is 3. The highest BCUT2D eigenvalue weighted by Gasteiger charge is 2.16. The van der Waals surface area contributed by atoms with Crippen LogP contribution >= 0.6 is 24.0 Å². The van der Waals surface area contributed by atoms with Crippen LogP contribution in [0.5, 0.6) is 5.75 Å². The molecule has 1 aliphatic rings. The van der Waals surface area contributed by atoms with Crippen LogP contribution in [0.2, 0.25) is 0 Å². The minimum absolute atomic E-state index is 0. The molecule has 1 aromatic rings. The predicted molar refractivity (Wildman–Crippen MR) is 93.7 cm³/mol. The van der Waals surface area contributed by atoms with Crippen molar-refractivity contribution >= 4 is 29.9 Å². The Balaban J connectivity index is 0.00000220. The van der Waals surface area contributed by atoms with Crippen LogP contribution in [0.25, 0.3) is 0 Å². The largest absolute Gasteiger partial charge is 0.494 e. The van der Waals surface area contributed by atoms with E-state index in [2.05, 4.69) is 16.8 Å². The first-order valence-corrected chi connectivity index (χ1v) is 6.97. The standard InChI is InChI=1S/C15H22FN3O.HI/c1-11-5-7-19(8-6-11)15(17)18-10-12-3-4-14(20-2)13(16)9-12;/h3-4,9,11H,5-8,10H2,1-2H3,(H2,17,18);1H. The first-order chi connectivity index (χ1) is 9.60. The molecular formula is C15H23FIN3O. The summed E-state index contributed by atoms with van der Waals surface area (Å²) in [4.78, 5) is 6.45. The molecule has 1 aliphatic heterocycles. The minimum Gasteiger partial charge on any atom is -0.494 e. The van der Waals surface area contributed by atoms with E-state index in [9.17, 15) is 4.39 Å². The van der Waals surface area contributed by atoms with E-state index in [1.165, 1.54) is 13.2 Å². The van der Waals surface area contributed by atoms with Crippen molar-refractivity contribution < 1.29 is 9.13 Å². The van der Waals surface area contributed by atoms with Gasteiger partial charge in [0.05, 0.1) is 13.7 Å². The molecular weight excluding hydrogens is 384 g/mol. The average Bonchev–Trinajstić information content (AvgIpc) is 2.45. The number of methoxy groups -OCH3 is 1. The van der Waals surface area contributed by atoms with E-state index < -0.39 is 0 Å². The van der Waals surface area contributed by atoms with Gasteiger partial charge in [-0.1, -0.05) is 13.0 Å². The molecule has 0 spiro atoms. The Hall–Kier alpha value is -1.05. The number of nitrogens with zero attached hydrogens (tertiary/aromatic N) is 2. The summed E-state index contributed by atoms with van der Waals surface area (Å²) >= 11 is 0. The molecule has 1 aromatic carbocycles. The van der Waals surface area contributed by atoms with Gasteiger partial charge < -0.3 is 15.4 Å². The van der Waals surface area contributed by atoms with Gasteiger partial charge in [-0.3, -0.25) is 0 Å². The second-order valence-electron chi connectivity index (χ2n) is 5.31. The van der Waals surface area contributed by atoms with Gasteiger partial charge in [0.25, 0.3) is 0 Å². The van der Waals surface area contributed by atoms with Crippen LogP contribution in [0.4, 0.5) is 4.39 Å². The zero-order valence-corrected chi connectivity index (χ0v) is 14.8. The van der Waals surface area contributed by atoms with Crippen LogP contribution in [0.15, 0.2) is 23.2 Å². The van der Waals surface area contributed by atoms with Crippen molar-refractivity contribution in [2.45, 2.75) is 26.3 Å². The van der Waals surface area contributed by atoms with Crippen LogP contribution in [0.3, 0.4) is 0 Å². The second-order valence-corrected chi connectivity index (χ2v) is 5.31. The highest BCUT2D eigenvalue weighted by Crippen LogP contribution is 2.19. The van der Waals surface area contributed by atoms with Crippen LogP contribution in [-0.4, -0.2) is 31.1 Å². The number of likely N-dealkylation sites (tertiary alicyclic amines) is 1. The second kappa shape index (κ2) is 8.41. The molecule has 0 unspecified atom stereocenters. The van der Waals surface area contributed by atoms with E-state index in [4.69, 9.17) is 10.5 Å². The van der Waals surface area contributed by atoms with Gasteiger partial charge in [0, 0.05) is 13.1 Å².